The second-order valence-corrected chi connectivity index (χ2v) is 9.14. The van der Waals surface area contributed by atoms with Gasteiger partial charge >= 0.3 is 0 Å². The zero-order chi connectivity index (χ0) is 22.0. The number of fused-ring (bicyclic) bond motifs is 1. The molecule has 0 saturated heterocycles. The molecule has 31 heavy (non-hydrogen) atoms. The van der Waals surface area contributed by atoms with E-state index in [4.69, 9.17) is 5.84 Å². The minimum atomic E-state index is -0.321. The molecule has 3 N–H and O–H groups in total. The average molecular weight is 451 g/mol. The molecule has 1 amide bonds. The number of amides is 1. The van der Waals surface area contributed by atoms with Crippen molar-refractivity contribution in [1.29, 1.82) is 0 Å². The number of thiophene rings is 1. The van der Waals surface area contributed by atoms with E-state index in [9.17, 15) is 9.59 Å². The van der Waals surface area contributed by atoms with Crippen LogP contribution in [-0.4, -0.2) is 21.3 Å². The molecule has 0 saturated carbocycles. The van der Waals surface area contributed by atoms with Crippen molar-refractivity contribution < 1.29 is 4.79 Å². The van der Waals surface area contributed by atoms with Crippen LogP contribution < -0.4 is 16.7 Å². The highest BCUT2D eigenvalue weighted by atomic mass is 32.2. The summed E-state index contributed by atoms with van der Waals surface area (Å²) >= 11 is 2.54. The van der Waals surface area contributed by atoms with Gasteiger partial charge in [-0.3, -0.25) is 9.59 Å². The number of aromatic nitrogens is 2. The third kappa shape index (κ3) is 4.35. The van der Waals surface area contributed by atoms with Gasteiger partial charge in [-0.15, -0.1) is 11.3 Å². The predicted molar refractivity (Wildman–Crippen MR) is 129 cm³/mol. The van der Waals surface area contributed by atoms with Crippen LogP contribution >= 0.6 is 23.1 Å². The molecule has 0 bridgehead atoms. The largest absolute Gasteiger partial charge is 0.334 e. The molecule has 4 aromatic rings. The maximum atomic E-state index is 13.0. The van der Waals surface area contributed by atoms with Gasteiger partial charge in [-0.05, 0) is 23.1 Å². The van der Waals surface area contributed by atoms with Crippen molar-refractivity contribution in [3.05, 3.63) is 75.9 Å². The highest BCUT2D eigenvalue weighted by Crippen LogP contribution is 2.31. The minimum absolute atomic E-state index is 0.0957. The number of hydrogen-bond acceptors (Lipinski definition) is 6. The zero-order valence-electron chi connectivity index (χ0n) is 17.2. The Morgan fingerprint density at radius 1 is 1.16 bits per heavy atom. The second-order valence-electron chi connectivity index (χ2n) is 7.34. The summed E-state index contributed by atoms with van der Waals surface area (Å²) in [4.78, 5) is 30.6. The summed E-state index contributed by atoms with van der Waals surface area (Å²) in [5.41, 5.74) is 3.30. The monoisotopic (exact) mass is 450 g/mol. The fraction of sp³-hybridized carbons (Fsp3) is 0.174. The van der Waals surface area contributed by atoms with E-state index >= 15 is 0 Å². The van der Waals surface area contributed by atoms with E-state index in [1.54, 1.807) is 0 Å². The summed E-state index contributed by atoms with van der Waals surface area (Å²) in [6, 6.07) is 17.4. The van der Waals surface area contributed by atoms with Gasteiger partial charge in [-0.2, -0.15) is 0 Å². The van der Waals surface area contributed by atoms with E-state index in [2.05, 4.69) is 24.1 Å². The molecule has 0 aliphatic rings. The number of carbonyl (C=O) groups is 1. The van der Waals surface area contributed by atoms with Crippen molar-refractivity contribution in [1.82, 2.24) is 9.66 Å². The fourth-order valence-corrected chi connectivity index (χ4v) is 5.05. The van der Waals surface area contributed by atoms with Crippen LogP contribution in [0, 0.1) is 0 Å². The summed E-state index contributed by atoms with van der Waals surface area (Å²) in [7, 11) is 0. The van der Waals surface area contributed by atoms with Gasteiger partial charge in [0.25, 0.3) is 5.56 Å². The number of rotatable bonds is 6. The molecule has 2 heterocycles. The highest BCUT2D eigenvalue weighted by Gasteiger charge is 2.17. The van der Waals surface area contributed by atoms with Gasteiger partial charge in [0.15, 0.2) is 5.16 Å². The number of para-hydroxylation sites is 1. The average Bonchev–Trinajstić information content (AvgIpc) is 3.20. The van der Waals surface area contributed by atoms with E-state index < -0.39 is 0 Å². The first kappa shape index (κ1) is 21.1. The topological polar surface area (TPSA) is 90.0 Å². The summed E-state index contributed by atoms with van der Waals surface area (Å²) in [6.07, 6.45) is 0. The van der Waals surface area contributed by atoms with E-state index in [1.165, 1.54) is 11.3 Å². The van der Waals surface area contributed by atoms with Crippen molar-refractivity contribution in [3.8, 4) is 11.1 Å². The molecule has 2 aromatic carbocycles. The van der Waals surface area contributed by atoms with Crippen molar-refractivity contribution in [2.24, 2.45) is 0 Å². The molecule has 0 spiro atoms. The Morgan fingerprint density at radius 2 is 1.87 bits per heavy atom. The lowest BCUT2D eigenvalue weighted by Gasteiger charge is -2.13. The summed E-state index contributed by atoms with van der Waals surface area (Å²) in [5.74, 6) is 6.26. The molecule has 158 valence electrons. The Labute approximate surface area is 188 Å². The lowest BCUT2D eigenvalue weighted by molar-refractivity contribution is -0.113. The van der Waals surface area contributed by atoms with Crippen LogP contribution in [-0.2, 0) is 4.79 Å². The minimum Gasteiger partial charge on any atom is -0.334 e. The molecule has 0 aliphatic heterocycles. The van der Waals surface area contributed by atoms with Crippen LogP contribution in [0.15, 0.2) is 69.9 Å². The highest BCUT2D eigenvalue weighted by molar-refractivity contribution is 7.99. The number of nitrogens with one attached hydrogen (secondary N) is 1. The van der Waals surface area contributed by atoms with Gasteiger partial charge in [0.1, 0.15) is 4.83 Å². The van der Waals surface area contributed by atoms with E-state index in [-0.39, 0.29) is 17.2 Å². The van der Waals surface area contributed by atoms with Gasteiger partial charge in [-0.25, -0.2) is 9.66 Å². The molecule has 2 aromatic heterocycles. The first-order valence-electron chi connectivity index (χ1n) is 9.82. The zero-order valence-corrected chi connectivity index (χ0v) is 18.8. The maximum absolute atomic E-state index is 13.0. The third-order valence-corrected chi connectivity index (χ3v) is 6.71. The SMILES string of the molecule is CC(C)c1ccccc1NC(=O)CSc1nc2scc(-c3ccccc3)c2c(=O)n1N. The summed E-state index contributed by atoms with van der Waals surface area (Å²) in [6.45, 7) is 4.16. The Hall–Kier alpha value is -3.10. The van der Waals surface area contributed by atoms with Crippen LogP contribution in [0.1, 0.15) is 25.3 Å². The summed E-state index contributed by atoms with van der Waals surface area (Å²) in [5, 5.41) is 5.67. The van der Waals surface area contributed by atoms with Crippen molar-refractivity contribution in [3.63, 3.8) is 0 Å². The molecular formula is C23H22N4O2S2. The van der Waals surface area contributed by atoms with Gasteiger partial charge < -0.3 is 11.2 Å². The third-order valence-electron chi connectivity index (χ3n) is 4.88. The molecule has 0 atom stereocenters. The van der Waals surface area contributed by atoms with Crippen molar-refractivity contribution >= 4 is 44.9 Å². The second kappa shape index (κ2) is 8.95. The van der Waals surface area contributed by atoms with Crippen molar-refractivity contribution in [2.45, 2.75) is 24.9 Å². The van der Waals surface area contributed by atoms with Crippen LogP contribution in [0.25, 0.3) is 21.3 Å². The Balaban J connectivity index is 1.55. The number of nitrogen functional groups attached to an aromatic ring is 1. The molecule has 4 rings (SSSR count). The Kier molecular flexibility index (Phi) is 6.11. The smallest absolute Gasteiger partial charge is 0.282 e. The van der Waals surface area contributed by atoms with Crippen LogP contribution in [0.2, 0.25) is 0 Å². The molecule has 0 aliphatic carbocycles. The van der Waals surface area contributed by atoms with E-state index in [0.29, 0.717) is 21.3 Å². The number of carbonyl (C=O) groups excluding carboxylic acids is 1. The van der Waals surface area contributed by atoms with Crippen LogP contribution in [0.5, 0.6) is 0 Å². The number of benzene rings is 2. The molecule has 0 fully saturated rings. The standard InChI is InChI=1S/C23H22N4O2S2/c1-14(2)16-10-6-7-11-18(16)25-19(28)13-31-23-26-21-20(22(29)27(23)24)17(12-30-21)15-8-4-3-5-9-15/h3-12,14H,13,24H2,1-2H3,(H,25,28). The Morgan fingerprint density at radius 3 is 2.61 bits per heavy atom. The number of anilines is 1. The molecule has 6 nitrogen and oxygen atoms in total. The van der Waals surface area contributed by atoms with E-state index in [1.807, 2.05) is 60.0 Å². The van der Waals surface area contributed by atoms with E-state index in [0.717, 1.165) is 38.8 Å². The first-order valence-corrected chi connectivity index (χ1v) is 11.7. The normalized spacial score (nSPS) is 11.2. The fourth-order valence-electron chi connectivity index (χ4n) is 3.35. The number of thioether (sulfide) groups is 1. The molecular weight excluding hydrogens is 428 g/mol. The molecule has 8 heteroatoms. The Bertz CT molecular complexity index is 1300. The quantitative estimate of drug-likeness (QED) is 0.253. The van der Waals surface area contributed by atoms with Crippen molar-refractivity contribution in [2.75, 3.05) is 16.9 Å². The maximum Gasteiger partial charge on any atom is 0.282 e. The van der Waals surface area contributed by atoms with Gasteiger partial charge in [-0.1, -0.05) is 74.1 Å². The number of nitrogens with zero attached hydrogens (tertiary/aromatic N) is 2. The van der Waals surface area contributed by atoms with Gasteiger partial charge in [0.2, 0.25) is 5.91 Å². The lowest BCUT2D eigenvalue weighted by Crippen LogP contribution is -2.30. The number of nitrogens with two attached hydrogens (primary N) is 1. The predicted octanol–water partition coefficient (Wildman–Crippen LogP) is 4.69. The van der Waals surface area contributed by atoms with Gasteiger partial charge in [0, 0.05) is 16.6 Å². The molecule has 0 radical (unpaired) electrons. The summed E-state index contributed by atoms with van der Waals surface area (Å²) < 4.78 is 1.03. The van der Waals surface area contributed by atoms with Crippen LogP contribution in [0.3, 0.4) is 0 Å². The first-order chi connectivity index (χ1) is 15.0. The molecule has 0 unspecified atom stereocenters. The van der Waals surface area contributed by atoms with Crippen LogP contribution in [0.4, 0.5) is 5.69 Å². The van der Waals surface area contributed by atoms with Gasteiger partial charge in [0.05, 0.1) is 11.1 Å². The lowest BCUT2D eigenvalue weighted by atomic mass is 10.0. The number of hydrogen-bond donors (Lipinski definition) is 2.